The fraction of sp³-hybridized carbons (Fsp3) is 0.471. The average Bonchev–Trinajstić information content (AvgIpc) is 2.88. The lowest BCUT2D eigenvalue weighted by Gasteiger charge is -2.13. The van der Waals surface area contributed by atoms with E-state index in [0.29, 0.717) is 0 Å². The van der Waals surface area contributed by atoms with Crippen LogP contribution in [0.15, 0.2) is 35.0 Å². The molecule has 1 aromatic rings. The van der Waals surface area contributed by atoms with E-state index in [9.17, 15) is 5.11 Å². The number of hydrogen-bond acceptors (Lipinski definition) is 3. The van der Waals surface area contributed by atoms with E-state index >= 15 is 0 Å². The highest BCUT2D eigenvalue weighted by Crippen LogP contribution is 2.40. The van der Waals surface area contributed by atoms with E-state index in [0.717, 1.165) is 30.4 Å². The van der Waals surface area contributed by atoms with Gasteiger partial charge < -0.3 is 10.3 Å². The molecule has 0 heterocycles. The molecule has 0 fully saturated rings. The molecule has 1 aliphatic rings. The van der Waals surface area contributed by atoms with Crippen molar-refractivity contribution in [2.24, 2.45) is 11.1 Å². The fourth-order valence-corrected chi connectivity index (χ4v) is 3.01. The zero-order chi connectivity index (χ0) is 14.4. The van der Waals surface area contributed by atoms with Gasteiger partial charge >= 0.3 is 0 Å². The van der Waals surface area contributed by atoms with Gasteiger partial charge in [0.25, 0.3) is 0 Å². The molecule has 0 bridgehead atoms. The van der Waals surface area contributed by atoms with Gasteiger partial charge in [-0.2, -0.15) is 0 Å². The standard InChI is InChI=1S/C17H23NO2/c1-2-3-6-14-8-9-16(11-18-20)17(14)15-7-4-5-13(10-15)12-19/h4-5,7,10-11,16,19-20H,2-3,6,8-9,12H2,1H3. The van der Waals surface area contributed by atoms with Crippen LogP contribution in [0, 0.1) is 5.92 Å². The molecule has 0 saturated heterocycles. The maximum absolute atomic E-state index is 9.30. The minimum atomic E-state index is 0.0597. The summed E-state index contributed by atoms with van der Waals surface area (Å²) in [7, 11) is 0. The summed E-state index contributed by atoms with van der Waals surface area (Å²) >= 11 is 0. The third-order valence-electron chi connectivity index (χ3n) is 4.01. The molecule has 0 radical (unpaired) electrons. The number of rotatable bonds is 6. The predicted molar refractivity (Wildman–Crippen MR) is 81.8 cm³/mol. The Balaban J connectivity index is 2.37. The minimum Gasteiger partial charge on any atom is -0.411 e. The molecule has 0 aromatic heterocycles. The number of nitrogens with zero attached hydrogens (tertiary/aromatic N) is 1. The maximum Gasteiger partial charge on any atom is 0.0682 e. The van der Waals surface area contributed by atoms with Gasteiger partial charge in [-0.1, -0.05) is 37.1 Å². The fourth-order valence-electron chi connectivity index (χ4n) is 3.01. The van der Waals surface area contributed by atoms with E-state index in [1.165, 1.54) is 24.0 Å². The van der Waals surface area contributed by atoms with Crippen LogP contribution < -0.4 is 0 Å². The third kappa shape index (κ3) is 3.28. The molecule has 1 aromatic carbocycles. The van der Waals surface area contributed by atoms with Gasteiger partial charge in [-0.05, 0) is 48.4 Å². The first kappa shape index (κ1) is 14.8. The van der Waals surface area contributed by atoms with Crippen molar-refractivity contribution in [3.63, 3.8) is 0 Å². The Morgan fingerprint density at radius 3 is 2.95 bits per heavy atom. The lowest BCUT2D eigenvalue weighted by molar-refractivity contribution is 0.282. The Hall–Kier alpha value is -1.61. The SMILES string of the molecule is CCCCC1=C(c2cccc(CO)c2)C(C=NO)CC1. The van der Waals surface area contributed by atoms with Crippen molar-refractivity contribution >= 4 is 11.8 Å². The monoisotopic (exact) mass is 273 g/mol. The predicted octanol–water partition coefficient (Wildman–Crippen LogP) is 3.99. The summed E-state index contributed by atoms with van der Waals surface area (Å²) in [6.45, 7) is 2.26. The molecule has 2 N–H and O–H groups in total. The van der Waals surface area contributed by atoms with E-state index < -0.39 is 0 Å². The lowest BCUT2D eigenvalue weighted by atomic mass is 9.92. The van der Waals surface area contributed by atoms with Gasteiger partial charge in [0.1, 0.15) is 0 Å². The summed E-state index contributed by atoms with van der Waals surface area (Å²) in [4.78, 5) is 0. The van der Waals surface area contributed by atoms with Crippen LogP contribution in [0.2, 0.25) is 0 Å². The van der Waals surface area contributed by atoms with E-state index in [4.69, 9.17) is 5.21 Å². The third-order valence-corrected chi connectivity index (χ3v) is 4.01. The second-order valence-electron chi connectivity index (χ2n) is 5.39. The van der Waals surface area contributed by atoms with Crippen molar-refractivity contribution in [1.82, 2.24) is 0 Å². The molecule has 108 valence electrons. The van der Waals surface area contributed by atoms with Crippen LogP contribution >= 0.6 is 0 Å². The molecule has 3 nitrogen and oxygen atoms in total. The number of allylic oxidation sites excluding steroid dienone is 2. The van der Waals surface area contributed by atoms with Crippen molar-refractivity contribution in [2.75, 3.05) is 0 Å². The van der Waals surface area contributed by atoms with Crippen LogP contribution in [0.5, 0.6) is 0 Å². The molecule has 20 heavy (non-hydrogen) atoms. The van der Waals surface area contributed by atoms with Gasteiger partial charge in [0.2, 0.25) is 0 Å². The van der Waals surface area contributed by atoms with Crippen molar-refractivity contribution < 1.29 is 10.3 Å². The first-order valence-corrected chi connectivity index (χ1v) is 7.39. The molecular weight excluding hydrogens is 250 g/mol. The first-order chi connectivity index (χ1) is 9.80. The first-order valence-electron chi connectivity index (χ1n) is 7.39. The Morgan fingerprint density at radius 1 is 1.40 bits per heavy atom. The number of aliphatic hydroxyl groups is 1. The van der Waals surface area contributed by atoms with E-state index in [1.807, 2.05) is 18.2 Å². The summed E-state index contributed by atoms with van der Waals surface area (Å²) in [6, 6.07) is 8.05. The van der Waals surface area contributed by atoms with Gasteiger partial charge in [-0.3, -0.25) is 0 Å². The van der Waals surface area contributed by atoms with Crippen molar-refractivity contribution in [1.29, 1.82) is 0 Å². The van der Waals surface area contributed by atoms with Crippen LogP contribution in [-0.4, -0.2) is 16.5 Å². The summed E-state index contributed by atoms with van der Waals surface area (Å²) in [5.74, 6) is 0.195. The number of unbranched alkanes of at least 4 members (excludes halogenated alkanes) is 1. The van der Waals surface area contributed by atoms with Gasteiger partial charge in [-0.15, -0.1) is 5.16 Å². The largest absolute Gasteiger partial charge is 0.411 e. The van der Waals surface area contributed by atoms with Crippen LogP contribution in [0.3, 0.4) is 0 Å². The maximum atomic E-state index is 9.30. The number of oxime groups is 1. The topological polar surface area (TPSA) is 52.8 Å². The van der Waals surface area contributed by atoms with Crippen molar-refractivity contribution in [3.05, 3.63) is 41.0 Å². The van der Waals surface area contributed by atoms with Crippen molar-refractivity contribution in [2.45, 2.75) is 45.6 Å². The molecule has 0 saturated carbocycles. The highest BCUT2D eigenvalue weighted by atomic mass is 16.4. The van der Waals surface area contributed by atoms with Crippen LogP contribution in [-0.2, 0) is 6.61 Å². The normalized spacial score (nSPS) is 19.2. The second-order valence-corrected chi connectivity index (χ2v) is 5.39. The van der Waals surface area contributed by atoms with E-state index in [2.05, 4.69) is 18.1 Å². The van der Waals surface area contributed by atoms with Gasteiger partial charge in [0.15, 0.2) is 0 Å². The molecule has 3 heteroatoms. The summed E-state index contributed by atoms with van der Waals surface area (Å²) in [5, 5.41) is 21.4. The van der Waals surface area contributed by atoms with Gasteiger partial charge in [-0.25, -0.2) is 0 Å². The van der Waals surface area contributed by atoms with Crippen LogP contribution in [0.25, 0.3) is 5.57 Å². The molecular formula is C17H23NO2. The van der Waals surface area contributed by atoms with Gasteiger partial charge in [0.05, 0.1) is 12.8 Å². The number of hydrogen-bond donors (Lipinski definition) is 2. The van der Waals surface area contributed by atoms with E-state index in [1.54, 1.807) is 6.21 Å². The van der Waals surface area contributed by atoms with Crippen molar-refractivity contribution in [3.8, 4) is 0 Å². The molecule has 0 spiro atoms. The molecule has 1 atom stereocenters. The quantitative estimate of drug-likeness (QED) is 0.468. The average molecular weight is 273 g/mol. The number of benzene rings is 1. The minimum absolute atomic E-state index is 0.0597. The smallest absolute Gasteiger partial charge is 0.0682 e. The zero-order valence-electron chi connectivity index (χ0n) is 12.0. The Kier molecular flexibility index (Phi) is 5.36. The Bertz CT molecular complexity index is 505. The van der Waals surface area contributed by atoms with Gasteiger partial charge in [0, 0.05) is 5.92 Å². The molecule has 1 unspecified atom stereocenters. The Labute approximate surface area is 120 Å². The van der Waals surface area contributed by atoms with Crippen LogP contribution in [0.4, 0.5) is 0 Å². The number of aliphatic hydroxyl groups excluding tert-OH is 1. The molecule has 0 aliphatic heterocycles. The van der Waals surface area contributed by atoms with Crippen LogP contribution in [0.1, 0.15) is 50.2 Å². The molecule has 1 aliphatic carbocycles. The summed E-state index contributed by atoms with van der Waals surface area (Å²) < 4.78 is 0. The summed E-state index contributed by atoms with van der Waals surface area (Å²) in [5.41, 5.74) is 4.86. The van der Waals surface area contributed by atoms with E-state index in [-0.39, 0.29) is 12.5 Å². The summed E-state index contributed by atoms with van der Waals surface area (Å²) in [6.07, 6.45) is 7.23. The molecule has 0 amide bonds. The molecule has 2 rings (SSSR count). The highest BCUT2D eigenvalue weighted by Gasteiger charge is 2.25. The second kappa shape index (κ2) is 7.25. The lowest BCUT2D eigenvalue weighted by Crippen LogP contribution is -2.01. The highest BCUT2D eigenvalue weighted by molar-refractivity contribution is 5.86. The zero-order valence-corrected chi connectivity index (χ0v) is 12.0. The Morgan fingerprint density at radius 2 is 2.25 bits per heavy atom.